The lowest BCUT2D eigenvalue weighted by molar-refractivity contribution is 0.0981. The molecule has 2 aromatic carbocycles. The van der Waals surface area contributed by atoms with Gasteiger partial charge in [0.1, 0.15) is 0 Å². The predicted molar refractivity (Wildman–Crippen MR) is 88.9 cm³/mol. The highest BCUT2D eigenvalue weighted by molar-refractivity contribution is 7.89. The molecular formula is C18H19NO3S. The summed E-state index contributed by atoms with van der Waals surface area (Å²) in [6, 6.07) is 12.4. The smallest absolute Gasteiger partial charge is 0.243 e. The predicted octanol–water partition coefficient (Wildman–Crippen LogP) is 3.08. The number of sulfonamides is 1. The number of benzene rings is 2. The Morgan fingerprint density at radius 3 is 2.30 bits per heavy atom. The second kappa shape index (κ2) is 5.91. The quantitative estimate of drug-likeness (QED) is 0.851. The number of hydrogen-bond donors (Lipinski definition) is 0. The van der Waals surface area contributed by atoms with Gasteiger partial charge in [0.15, 0.2) is 5.78 Å². The third-order valence-electron chi connectivity index (χ3n) is 4.15. The summed E-state index contributed by atoms with van der Waals surface area (Å²) in [5.74, 6) is 0.00149. The van der Waals surface area contributed by atoms with E-state index in [0.717, 1.165) is 16.7 Å². The van der Waals surface area contributed by atoms with Crippen LogP contribution in [0.25, 0.3) is 0 Å². The molecule has 0 aliphatic carbocycles. The van der Waals surface area contributed by atoms with Gasteiger partial charge in [-0.25, -0.2) is 8.42 Å². The van der Waals surface area contributed by atoms with Gasteiger partial charge in [-0.2, -0.15) is 4.31 Å². The van der Waals surface area contributed by atoms with E-state index in [9.17, 15) is 13.2 Å². The molecule has 4 nitrogen and oxygen atoms in total. The number of carbonyl (C=O) groups is 1. The van der Waals surface area contributed by atoms with Crippen molar-refractivity contribution in [2.24, 2.45) is 0 Å². The lowest BCUT2D eigenvalue weighted by Crippen LogP contribution is -2.31. The lowest BCUT2D eigenvalue weighted by atomic mass is 10.0. The summed E-state index contributed by atoms with van der Waals surface area (Å²) in [7, 11) is -3.60. The highest BCUT2D eigenvalue weighted by atomic mass is 32.2. The molecule has 2 aromatic rings. The molecule has 0 unspecified atom stereocenters. The van der Waals surface area contributed by atoms with Crippen LogP contribution in [0.2, 0.25) is 0 Å². The first kappa shape index (κ1) is 15.9. The molecule has 0 bridgehead atoms. The largest absolute Gasteiger partial charge is 0.294 e. The zero-order valence-corrected chi connectivity index (χ0v) is 14.1. The van der Waals surface area contributed by atoms with Crippen LogP contribution in [0.4, 0.5) is 0 Å². The topological polar surface area (TPSA) is 54.5 Å². The van der Waals surface area contributed by atoms with E-state index >= 15 is 0 Å². The van der Waals surface area contributed by atoms with Crippen LogP contribution in [0.3, 0.4) is 0 Å². The third kappa shape index (κ3) is 3.07. The van der Waals surface area contributed by atoms with Gasteiger partial charge in [-0.05, 0) is 31.5 Å². The number of aryl methyl sites for hydroxylation is 2. The molecule has 23 heavy (non-hydrogen) atoms. The van der Waals surface area contributed by atoms with E-state index in [0.29, 0.717) is 5.56 Å². The van der Waals surface area contributed by atoms with Gasteiger partial charge in [-0.15, -0.1) is 0 Å². The van der Waals surface area contributed by atoms with E-state index in [2.05, 4.69) is 0 Å². The first-order valence-electron chi connectivity index (χ1n) is 7.57. The second-order valence-electron chi connectivity index (χ2n) is 5.99. The van der Waals surface area contributed by atoms with Gasteiger partial charge in [-0.3, -0.25) is 4.79 Å². The number of rotatable bonds is 2. The summed E-state index contributed by atoms with van der Waals surface area (Å²) in [6.45, 7) is 4.30. The monoisotopic (exact) mass is 329 g/mol. The van der Waals surface area contributed by atoms with Crippen molar-refractivity contribution in [3.63, 3.8) is 0 Å². The van der Waals surface area contributed by atoms with Crippen molar-refractivity contribution < 1.29 is 13.2 Å². The van der Waals surface area contributed by atoms with Gasteiger partial charge in [0, 0.05) is 25.1 Å². The lowest BCUT2D eigenvalue weighted by Gasteiger charge is -2.20. The molecule has 0 radical (unpaired) electrons. The summed E-state index contributed by atoms with van der Waals surface area (Å²) < 4.78 is 27.1. The van der Waals surface area contributed by atoms with E-state index in [1.807, 2.05) is 26.0 Å². The van der Waals surface area contributed by atoms with Crippen molar-refractivity contribution in [3.8, 4) is 0 Å². The number of carbonyl (C=O) groups excluding carboxylic acids is 1. The molecular weight excluding hydrogens is 310 g/mol. The number of ketones is 1. The Morgan fingerprint density at radius 1 is 0.957 bits per heavy atom. The molecule has 1 heterocycles. The van der Waals surface area contributed by atoms with E-state index in [1.165, 1.54) is 4.31 Å². The zero-order valence-electron chi connectivity index (χ0n) is 13.2. The van der Waals surface area contributed by atoms with Crippen LogP contribution in [0, 0.1) is 13.8 Å². The number of Topliss-reactive ketones (excluding diaryl/α,β-unsaturated/α-hetero) is 1. The summed E-state index contributed by atoms with van der Waals surface area (Å²) in [5, 5.41) is 0. The first-order valence-corrected chi connectivity index (χ1v) is 9.01. The Kier molecular flexibility index (Phi) is 4.08. The fourth-order valence-corrected chi connectivity index (χ4v) is 4.24. The van der Waals surface area contributed by atoms with Gasteiger partial charge >= 0.3 is 0 Å². The molecule has 0 saturated carbocycles. The highest BCUT2D eigenvalue weighted by Gasteiger charge is 2.29. The van der Waals surface area contributed by atoms with E-state index in [1.54, 1.807) is 30.3 Å². The Bertz CT molecular complexity index is 854. The Morgan fingerprint density at radius 2 is 1.61 bits per heavy atom. The van der Waals surface area contributed by atoms with Gasteiger partial charge in [-0.1, -0.05) is 41.5 Å². The molecule has 0 spiro atoms. The average molecular weight is 329 g/mol. The fourth-order valence-electron chi connectivity index (χ4n) is 2.82. The number of hydrogen-bond acceptors (Lipinski definition) is 3. The maximum atomic E-state index is 12.9. The summed E-state index contributed by atoms with van der Waals surface area (Å²) in [5.41, 5.74) is 3.45. The maximum absolute atomic E-state index is 12.9. The van der Waals surface area contributed by atoms with Crippen LogP contribution in [0.15, 0.2) is 47.4 Å². The molecule has 0 aromatic heterocycles. The Labute approximate surface area is 136 Å². The van der Waals surface area contributed by atoms with Crippen molar-refractivity contribution in [2.45, 2.75) is 31.7 Å². The minimum absolute atomic E-state index is 0.00149. The first-order chi connectivity index (χ1) is 10.9. The van der Waals surface area contributed by atoms with Crippen LogP contribution in [0.5, 0.6) is 0 Å². The molecule has 5 heteroatoms. The molecule has 0 fully saturated rings. The standard InChI is InChI=1S/C18H19NO3S/c1-13-3-6-16(7-4-13)23(21,22)19-10-9-18(20)17-8-5-14(2)11-15(17)12-19/h3-8,11H,9-10,12H2,1-2H3. The van der Waals surface area contributed by atoms with Crippen molar-refractivity contribution in [1.29, 1.82) is 0 Å². The molecule has 3 rings (SSSR count). The van der Waals surface area contributed by atoms with Crippen molar-refractivity contribution in [1.82, 2.24) is 4.31 Å². The summed E-state index contributed by atoms with van der Waals surface area (Å²) in [6.07, 6.45) is 0.209. The van der Waals surface area contributed by atoms with Crippen molar-refractivity contribution in [2.75, 3.05) is 6.54 Å². The minimum atomic E-state index is -3.60. The van der Waals surface area contributed by atoms with Crippen LogP contribution < -0.4 is 0 Å². The summed E-state index contributed by atoms with van der Waals surface area (Å²) >= 11 is 0. The number of nitrogens with zero attached hydrogens (tertiary/aromatic N) is 1. The van der Waals surface area contributed by atoms with Gasteiger partial charge in [0.05, 0.1) is 4.90 Å². The van der Waals surface area contributed by atoms with Gasteiger partial charge in [0.25, 0.3) is 0 Å². The Hall–Kier alpha value is -1.98. The molecule has 1 aliphatic rings. The SMILES string of the molecule is Cc1ccc(S(=O)(=O)N2CCC(=O)c3ccc(C)cc3C2)cc1. The fraction of sp³-hybridized carbons (Fsp3) is 0.278. The maximum Gasteiger partial charge on any atom is 0.243 e. The van der Waals surface area contributed by atoms with Crippen LogP contribution in [0.1, 0.15) is 33.5 Å². The molecule has 0 saturated heterocycles. The average Bonchev–Trinajstić information content (AvgIpc) is 2.67. The van der Waals surface area contributed by atoms with E-state index in [4.69, 9.17) is 0 Å². The van der Waals surface area contributed by atoms with Crippen molar-refractivity contribution in [3.05, 3.63) is 64.7 Å². The molecule has 0 N–H and O–H groups in total. The second-order valence-corrected chi connectivity index (χ2v) is 7.92. The molecule has 0 amide bonds. The normalized spacial score (nSPS) is 16.0. The number of fused-ring (bicyclic) bond motifs is 1. The Balaban J connectivity index is 2.00. The van der Waals surface area contributed by atoms with Crippen LogP contribution in [-0.2, 0) is 16.6 Å². The minimum Gasteiger partial charge on any atom is -0.294 e. The van der Waals surface area contributed by atoms with Crippen LogP contribution >= 0.6 is 0 Å². The summed E-state index contributed by atoms with van der Waals surface area (Å²) in [4.78, 5) is 12.5. The van der Waals surface area contributed by atoms with Gasteiger partial charge in [0.2, 0.25) is 10.0 Å². The zero-order chi connectivity index (χ0) is 16.6. The van der Waals surface area contributed by atoms with Gasteiger partial charge < -0.3 is 0 Å². The molecule has 120 valence electrons. The van der Waals surface area contributed by atoms with E-state index in [-0.39, 0.29) is 30.2 Å². The van der Waals surface area contributed by atoms with Crippen molar-refractivity contribution >= 4 is 15.8 Å². The molecule has 0 atom stereocenters. The highest BCUT2D eigenvalue weighted by Crippen LogP contribution is 2.25. The van der Waals surface area contributed by atoms with Crippen LogP contribution in [-0.4, -0.2) is 25.1 Å². The molecule has 1 aliphatic heterocycles. The third-order valence-corrected chi connectivity index (χ3v) is 6.01. The van der Waals surface area contributed by atoms with E-state index < -0.39 is 10.0 Å².